The molecule has 0 N–H and O–H groups in total. The first-order valence-electron chi connectivity index (χ1n) is 10.1. The Morgan fingerprint density at radius 1 is 1.00 bits per heavy atom. The van der Waals surface area contributed by atoms with E-state index in [9.17, 15) is 0 Å². The Labute approximate surface area is 164 Å². The Bertz CT molecular complexity index is 652. The van der Waals surface area contributed by atoms with Gasteiger partial charge in [-0.15, -0.1) is 11.6 Å². The summed E-state index contributed by atoms with van der Waals surface area (Å²) in [5, 5.41) is 0.380. The predicted octanol–water partition coefficient (Wildman–Crippen LogP) is 6.40. The van der Waals surface area contributed by atoms with Crippen molar-refractivity contribution in [2.45, 2.75) is 69.3 Å². The van der Waals surface area contributed by atoms with E-state index in [1.54, 1.807) is 0 Å². The van der Waals surface area contributed by atoms with Crippen LogP contribution < -0.4 is 0 Å². The quantitative estimate of drug-likeness (QED) is 0.486. The van der Waals surface area contributed by atoms with Crippen molar-refractivity contribution in [1.29, 1.82) is 0 Å². The van der Waals surface area contributed by atoms with Gasteiger partial charge in [-0.3, -0.25) is 4.90 Å². The molecule has 0 saturated heterocycles. The highest BCUT2D eigenvalue weighted by Crippen LogP contribution is 2.37. The lowest BCUT2D eigenvalue weighted by molar-refractivity contribution is 0.216. The van der Waals surface area contributed by atoms with Crippen LogP contribution >= 0.6 is 11.6 Å². The second kappa shape index (κ2) is 9.58. The Morgan fingerprint density at radius 2 is 1.73 bits per heavy atom. The number of hydrogen-bond donors (Lipinski definition) is 0. The number of aryl methyl sites for hydroxylation is 1. The van der Waals surface area contributed by atoms with Gasteiger partial charge < -0.3 is 0 Å². The molecule has 140 valence electrons. The zero-order chi connectivity index (χ0) is 18.4. The van der Waals surface area contributed by atoms with Crippen LogP contribution in [0.4, 0.5) is 0 Å². The minimum Gasteiger partial charge on any atom is -0.299 e. The van der Waals surface area contributed by atoms with Gasteiger partial charge >= 0.3 is 0 Å². The fraction of sp³-hybridized carbons (Fsp3) is 0.500. The molecule has 1 nitrogen and oxygen atoms in total. The van der Waals surface area contributed by atoms with Crippen LogP contribution in [0.2, 0.25) is 0 Å². The molecule has 2 aromatic rings. The van der Waals surface area contributed by atoms with Crippen molar-refractivity contribution in [2.24, 2.45) is 0 Å². The normalized spacial score (nSPS) is 21.2. The third kappa shape index (κ3) is 5.34. The van der Waals surface area contributed by atoms with Gasteiger partial charge in [-0.05, 0) is 68.2 Å². The maximum Gasteiger partial charge on any atom is 0.0342 e. The molecule has 0 aliphatic heterocycles. The Balaban J connectivity index is 1.51. The minimum absolute atomic E-state index is 0.380. The van der Waals surface area contributed by atoms with E-state index in [0.29, 0.717) is 17.3 Å². The Morgan fingerprint density at radius 3 is 2.35 bits per heavy atom. The van der Waals surface area contributed by atoms with E-state index < -0.39 is 0 Å². The summed E-state index contributed by atoms with van der Waals surface area (Å²) in [5.41, 5.74) is 4.33. The number of alkyl halides is 1. The van der Waals surface area contributed by atoms with E-state index in [0.717, 1.165) is 19.4 Å². The molecule has 3 atom stereocenters. The van der Waals surface area contributed by atoms with Gasteiger partial charge in [0, 0.05) is 18.0 Å². The highest BCUT2D eigenvalue weighted by molar-refractivity contribution is 6.20. The third-order valence-electron chi connectivity index (χ3n) is 5.96. The molecule has 0 aromatic heterocycles. The van der Waals surface area contributed by atoms with Crippen molar-refractivity contribution in [3.8, 4) is 0 Å². The van der Waals surface area contributed by atoms with Gasteiger partial charge in [-0.1, -0.05) is 61.5 Å². The topological polar surface area (TPSA) is 3.24 Å². The lowest BCUT2D eigenvalue weighted by atomic mass is 9.95. The van der Waals surface area contributed by atoms with Gasteiger partial charge in [-0.2, -0.15) is 0 Å². The minimum atomic E-state index is 0.380. The number of halogens is 1. The molecule has 0 spiro atoms. The first-order valence-corrected chi connectivity index (χ1v) is 10.6. The van der Waals surface area contributed by atoms with Crippen LogP contribution in [0.1, 0.15) is 61.6 Å². The van der Waals surface area contributed by atoms with Gasteiger partial charge in [0.15, 0.2) is 0 Å². The second-order valence-corrected chi connectivity index (χ2v) is 8.47. The maximum atomic E-state index is 6.27. The van der Waals surface area contributed by atoms with Crippen molar-refractivity contribution in [1.82, 2.24) is 4.90 Å². The summed E-state index contributed by atoms with van der Waals surface area (Å²) in [6, 6.07) is 20.7. The molecule has 0 amide bonds. The SMILES string of the molecule is CCC(CCc1ccc(C2CCC(Cl)C2)cc1)N(C)Cc1ccccc1. The fourth-order valence-electron chi connectivity index (χ4n) is 4.26. The van der Waals surface area contributed by atoms with Crippen molar-refractivity contribution >= 4 is 11.6 Å². The smallest absolute Gasteiger partial charge is 0.0342 e. The average Bonchev–Trinajstić information content (AvgIpc) is 3.10. The largest absolute Gasteiger partial charge is 0.299 e. The van der Waals surface area contributed by atoms with E-state index in [2.05, 4.69) is 73.5 Å². The number of rotatable bonds is 8. The van der Waals surface area contributed by atoms with Crippen molar-refractivity contribution in [2.75, 3.05) is 7.05 Å². The summed E-state index contributed by atoms with van der Waals surface area (Å²) < 4.78 is 0. The van der Waals surface area contributed by atoms with Crippen LogP contribution in [0.25, 0.3) is 0 Å². The first kappa shape index (κ1) is 19.5. The molecule has 26 heavy (non-hydrogen) atoms. The molecule has 1 aliphatic rings. The van der Waals surface area contributed by atoms with E-state index >= 15 is 0 Å². The summed E-state index contributed by atoms with van der Waals surface area (Å²) in [4.78, 5) is 2.50. The van der Waals surface area contributed by atoms with Crippen LogP contribution in [0.15, 0.2) is 54.6 Å². The molecule has 0 bridgehead atoms. The highest BCUT2D eigenvalue weighted by atomic mass is 35.5. The van der Waals surface area contributed by atoms with Gasteiger partial charge in [0.25, 0.3) is 0 Å². The van der Waals surface area contributed by atoms with Crippen LogP contribution in [0.3, 0.4) is 0 Å². The zero-order valence-corrected chi connectivity index (χ0v) is 17.0. The number of hydrogen-bond acceptors (Lipinski definition) is 1. The highest BCUT2D eigenvalue weighted by Gasteiger charge is 2.24. The van der Waals surface area contributed by atoms with E-state index in [1.165, 1.54) is 42.4 Å². The second-order valence-electron chi connectivity index (χ2n) is 7.85. The van der Waals surface area contributed by atoms with Crippen LogP contribution in [-0.4, -0.2) is 23.4 Å². The predicted molar refractivity (Wildman–Crippen MR) is 113 cm³/mol. The molecule has 1 saturated carbocycles. The summed E-state index contributed by atoms with van der Waals surface area (Å²) in [6.07, 6.45) is 7.12. The summed E-state index contributed by atoms with van der Waals surface area (Å²) in [7, 11) is 2.26. The summed E-state index contributed by atoms with van der Waals surface area (Å²) >= 11 is 6.27. The molecular weight excluding hydrogens is 338 g/mol. The fourth-order valence-corrected chi connectivity index (χ4v) is 4.60. The number of benzene rings is 2. The van der Waals surface area contributed by atoms with Gasteiger partial charge in [0.2, 0.25) is 0 Å². The molecular formula is C24H32ClN. The van der Waals surface area contributed by atoms with Crippen molar-refractivity contribution in [3.63, 3.8) is 0 Å². The zero-order valence-electron chi connectivity index (χ0n) is 16.2. The standard InChI is InChI=1S/C24H32ClN/c1-3-24(26(2)18-20-7-5-4-6-8-20)16-11-19-9-12-21(13-10-19)22-14-15-23(25)17-22/h4-10,12-13,22-24H,3,11,14-18H2,1-2H3. The Hall–Kier alpha value is -1.31. The summed E-state index contributed by atoms with van der Waals surface area (Å²) in [6.45, 7) is 3.33. The first-order chi connectivity index (χ1) is 12.7. The number of nitrogens with zero attached hydrogens (tertiary/aromatic N) is 1. The molecule has 1 aliphatic carbocycles. The van der Waals surface area contributed by atoms with Crippen molar-refractivity contribution in [3.05, 3.63) is 71.3 Å². The average molecular weight is 370 g/mol. The Kier molecular flexibility index (Phi) is 7.16. The molecule has 2 heteroatoms. The lowest BCUT2D eigenvalue weighted by Gasteiger charge is -2.27. The van der Waals surface area contributed by atoms with E-state index in [4.69, 9.17) is 11.6 Å². The van der Waals surface area contributed by atoms with Crippen molar-refractivity contribution < 1.29 is 0 Å². The monoisotopic (exact) mass is 369 g/mol. The van der Waals surface area contributed by atoms with Gasteiger partial charge in [0.1, 0.15) is 0 Å². The molecule has 3 unspecified atom stereocenters. The third-order valence-corrected chi connectivity index (χ3v) is 6.35. The molecule has 0 radical (unpaired) electrons. The summed E-state index contributed by atoms with van der Waals surface area (Å²) in [5.74, 6) is 0.673. The van der Waals surface area contributed by atoms with Crippen LogP contribution in [0, 0.1) is 0 Å². The van der Waals surface area contributed by atoms with E-state index in [-0.39, 0.29) is 0 Å². The molecule has 2 aromatic carbocycles. The molecule has 0 heterocycles. The van der Waals surface area contributed by atoms with Gasteiger partial charge in [0.05, 0.1) is 0 Å². The van der Waals surface area contributed by atoms with E-state index in [1.807, 2.05) is 0 Å². The van der Waals surface area contributed by atoms with Gasteiger partial charge in [-0.25, -0.2) is 0 Å². The molecule has 3 rings (SSSR count). The van der Waals surface area contributed by atoms with Crippen LogP contribution in [-0.2, 0) is 13.0 Å². The molecule has 1 fully saturated rings. The van der Waals surface area contributed by atoms with Crippen LogP contribution in [0.5, 0.6) is 0 Å². The maximum absolute atomic E-state index is 6.27. The lowest BCUT2D eigenvalue weighted by Crippen LogP contribution is -2.31.